The fourth-order valence-corrected chi connectivity index (χ4v) is 4.74. The molecule has 0 amide bonds. The quantitative estimate of drug-likeness (QED) is 0.831. The zero-order valence-electron chi connectivity index (χ0n) is 11.8. The fraction of sp³-hybridized carbons (Fsp3) is 0.600. The maximum Gasteiger partial charge on any atom is 0.0775 e. The fourth-order valence-electron chi connectivity index (χ4n) is 2.29. The second-order valence-corrected chi connectivity index (χ2v) is 12.5. The van der Waals surface area contributed by atoms with Crippen LogP contribution < -0.4 is 10.5 Å². The van der Waals surface area contributed by atoms with Crippen LogP contribution in [0.15, 0.2) is 24.3 Å². The molecule has 1 saturated heterocycles. The lowest BCUT2D eigenvalue weighted by Gasteiger charge is -2.17. The Morgan fingerprint density at radius 1 is 1.22 bits per heavy atom. The van der Waals surface area contributed by atoms with Crippen LogP contribution in [0.5, 0.6) is 0 Å². The lowest BCUT2D eigenvalue weighted by atomic mass is 10.1. The summed E-state index contributed by atoms with van der Waals surface area (Å²) in [5.41, 5.74) is 1.42. The standard InChI is InChI=1S/C15H25NSSi/c1-18(2,3)15-6-4-13(5-7-15)10-16-11-14-8-9-17-12-14/h4-7,14,16H,8-12H2,1-3H3. The van der Waals surface area contributed by atoms with Crippen LogP contribution >= 0.6 is 11.8 Å². The van der Waals surface area contributed by atoms with Gasteiger partial charge in [-0.05, 0) is 36.0 Å². The molecule has 1 nitrogen and oxygen atoms in total. The van der Waals surface area contributed by atoms with Crippen LogP contribution in [0.4, 0.5) is 0 Å². The molecule has 1 aliphatic rings. The maximum atomic E-state index is 3.60. The normalized spacial score (nSPS) is 20.3. The van der Waals surface area contributed by atoms with E-state index in [-0.39, 0.29) is 0 Å². The van der Waals surface area contributed by atoms with Gasteiger partial charge in [-0.1, -0.05) is 49.1 Å². The molecular weight excluding hydrogens is 254 g/mol. The Hall–Kier alpha value is -0.253. The molecule has 3 heteroatoms. The molecule has 18 heavy (non-hydrogen) atoms. The van der Waals surface area contributed by atoms with Crippen molar-refractivity contribution in [1.82, 2.24) is 5.32 Å². The van der Waals surface area contributed by atoms with Gasteiger partial charge in [0.2, 0.25) is 0 Å². The van der Waals surface area contributed by atoms with Crippen molar-refractivity contribution >= 4 is 25.0 Å². The van der Waals surface area contributed by atoms with Gasteiger partial charge < -0.3 is 5.32 Å². The van der Waals surface area contributed by atoms with E-state index >= 15 is 0 Å². The molecule has 1 fully saturated rings. The molecule has 1 aromatic rings. The number of rotatable bonds is 5. The van der Waals surface area contributed by atoms with E-state index in [9.17, 15) is 0 Å². The van der Waals surface area contributed by atoms with Gasteiger partial charge in [-0.2, -0.15) is 11.8 Å². The summed E-state index contributed by atoms with van der Waals surface area (Å²) in [6.45, 7) is 9.41. The highest BCUT2D eigenvalue weighted by molar-refractivity contribution is 7.99. The largest absolute Gasteiger partial charge is 0.312 e. The Balaban J connectivity index is 1.79. The van der Waals surface area contributed by atoms with Gasteiger partial charge in [0, 0.05) is 6.54 Å². The maximum absolute atomic E-state index is 3.60. The van der Waals surface area contributed by atoms with E-state index in [2.05, 4.69) is 61.0 Å². The lowest BCUT2D eigenvalue weighted by molar-refractivity contribution is 0.523. The summed E-state index contributed by atoms with van der Waals surface area (Å²) in [6.07, 6.45) is 1.40. The van der Waals surface area contributed by atoms with Gasteiger partial charge in [0.1, 0.15) is 0 Å². The number of hydrogen-bond donors (Lipinski definition) is 1. The predicted molar refractivity (Wildman–Crippen MR) is 86.6 cm³/mol. The molecule has 0 saturated carbocycles. The average Bonchev–Trinajstić information content (AvgIpc) is 2.82. The third-order valence-electron chi connectivity index (χ3n) is 3.61. The smallest absolute Gasteiger partial charge is 0.0775 e. The van der Waals surface area contributed by atoms with E-state index in [1.165, 1.54) is 30.0 Å². The number of thioether (sulfide) groups is 1. The second-order valence-electron chi connectivity index (χ2n) is 6.31. The molecule has 1 aromatic carbocycles. The van der Waals surface area contributed by atoms with E-state index < -0.39 is 8.07 Å². The van der Waals surface area contributed by atoms with Crippen molar-refractivity contribution in [3.05, 3.63) is 29.8 Å². The number of nitrogens with one attached hydrogen (secondary N) is 1. The summed E-state index contributed by atoms with van der Waals surface area (Å²) in [4.78, 5) is 0. The molecule has 0 radical (unpaired) electrons. The zero-order valence-corrected chi connectivity index (χ0v) is 13.6. The molecule has 2 rings (SSSR count). The van der Waals surface area contributed by atoms with Crippen LogP contribution in [-0.4, -0.2) is 26.1 Å². The van der Waals surface area contributed by atoms with Gasteiger partial charge in [0.25, 0.3) is 0 Å². The van der Waals surface area contributed by atoms with E-state index in [0.29, 0.717) is 0 Å². The van der Waals surface area contributed by atoms with E-state index in [1.807, 2.05) is 0 Å². The highest BCUT2D eigenvalue weighted by atomic mass is 32.2. The first-order chi connectivity index (χ1) is 8.55. The number of hydrogen-bond acceptors (Lipinski definition) is 2. The van der Waals surface area contributed by atoms with Crippen LogP contribution in [0, 0.1) is 5.92 Å². The highest BCUT2D eigenvalue weighted by Gasteiger charge is 2.16. The molecule has 1 unspecified atom stereocenters. The summed E-state index contributed by atoms with van der Waals surface area (Å²) in [6, 6.07) is 9.25. The monoisotopic (exact) mass is 279 g/mol. The van der Waals surface area contributed by atoms with Crippen molar-refractivity contribution < 1.29 is 0 Å². The number of benzene rings is 1. The Bertz CT molecular complexity index is 363. The molecule has 1 atom stereocenters. The molecular formula is C15H25NSSi. The minimum absolute atomic E-state index is 0.899. The minimum atomic E-state index is -1.13. The zero-order chi connectivity index (χ0) is 13.0. The van der Waals surface area contributed by atoms with Crippen molar-refractivity contribution in [3.8, 4) is 0 Å². The second kappa shape index (κ2) is 6.26. The van der Waals surface area contributed by atoms with Crippen molar-refractivity contribution in [2.45, 2.75) is 32.6 Å². The van der Waals surface area contributed by atoms with Crippen LogP contribution in [0.3, 0.4) is 0 Å². The Labute approximate surface area is 117 Å². The Morgan fingerprint density at radius 3 is 2.50 bits per heavy atom. The third kappa shape index (κ3) is 4.14. The molecule has 1 N–H and O–H groups in total. The summed E-state index contributed by atoms with van der Waals surface area (Å²) < 4.78 is 0. The van der Waals surface area contributed by atoms with Crippen LogP contribution in [-0.2, 0) is 6.54 Å². The summed E-state index contributed by atoms with van der Waals surface area (Å²) in [7, 11) is -1.13. The van der Waals surface area contributed by atoms with Crippen molar-refractivity contribution in [2.24, 2.45) is 5.92 Å². The van der Waals surface area contributed by atoms with Gasteiger partial charge in [-0.15, -0.1) is 0 Å². The predicted octanol–water partition coefficient (Wildman–Crippen LogP) is 3.07. The van der Waals surface area contributed by atoms with Crippen molar-refractivity contribution in [1.29, 1.82) is 0 Å². The Morgan fingerprint density at radius 2 is 1.94 bits per heavy atom. The highest BCUT2D eigenvalue weighted by Crippen LogP contribution is 2.22. The first-order valence-electron chi connectivity index (χ1n) is 6.93. The topological polar surface area (TPSA) is 12.0 Å². The van der Waals surface area contributed by atoms with E-state index in [4.69, 9.17) is 0 Å². The van der Waals surface area contributed by atoms with Crippen molar-refractivity contribution in [2.75, 3.05) is 18.1 Å². The molecule has 1 aliphatic heterocycles. The van der Waals surface area contributed by atoms with Crippen LogP contribution in [0.25, 0.3) is 0 Å². The van der Waals surface area contributed by atoms with Gasteiger partial charge in [0.15, 0.2) is 0 Å². The van der Waals surface area contributed by atoms with E-state index in [0.717, 1.165) is 12.5 Å². The summed E-state index contributed by atoms with van der Waals surface area (Å²) >= 11 is 2.10. The van der Waals surface area contributed by atoms with Gasteiger partial charge in [-0.25, -0.2) is 0 Å². The molecule has 0 aliphatic carbocycles. The summed E-state index contributed by atoms with van der Waals surface area (Å²) in [5.74, 6) is 3.61. The molecule has 0 spiro atoms. The van der Waals surface area contributed by atoms with Gasteiger partial charge >= 0.3 is 0 Å². The first-order valence-corrected chi connectivity index (χ1v) is 11.6. The molecule has 100 valence electrons. The lowest BCUT2D eigenvalue weighted by Crippen LogP contribution is -2.37. The van der Waals surface area contributed by atoms with Crippen LogP contribution in [0.1, 0.15) is 12.0 Å². The van der Waals surface area contributed by atoms with Gasteiger partial charge in [-0.3, -0.25) is 0 Å². The van der Waals surface area contributed by atoms with Crippen molar-refractivity contribution in [3.63, 3.8) is 0 Å². The van der Waals surface area contributed by atoms with Gasteiger partial charge in [0.05, 0.1) is 8.07 Å². The Kier molecular flexibility index (Phi) is 4.93. The van der Waals surface area contributed by atoms with Crippen LogP contribution in [0.2, 0.25) is 19.6 Å². The molecule has 0 bridgehead atoms. The van der Waals surface area contributed by atoms with E-state index in [1.54, 1.807) is 5.19 Å². The SMILES string of the molecule is C[Si](C)(C)c1ccc(CNCC2CCSC2)cc1. The minimum Gasteiger partial charge on any atom is -0.312 e. The summed E-state index contributed by atoms with van der Waals surface area (Å²) in [5, 5.41) is 5.15. The average molecular weight is 280 g/mol. The first kappa shape index (κ1) is 14.2. The third-order valence-corrected chi connectivity index (χ3v) is 6.90. The molecule has 1 heterocycles. The molecule has 0 aromatic heterocycles.